The molecule has 0 spiro atoms. The zero-order valence-corrected chi connectivity index (χ0v) is 25.9. The Morgan fingerprint density at radius 2 is 1.77 bits per heavy atom. The number of benzene rings is 3. The standard InChI is InChI=1S/C31H30Cl2F2N2O6S/c1-2-23(17-36-44(41,42)31(12-13-31)24-11-10-22(34)15-25(24)35)37-28(18-6-8-20(32)9-7-18)29(19-4-3-5-21(33)14-19)43-26(30(37)40)16-27(38)39/h3-11,14-15,23,26,28-29,36H,2,12-13,16-17H2,1H3,(H,38,39)/t23-,26+,28+,29+/m0/s1. The molecule has 1 aliphatic carbocycles. The van der Waals surface area contributed by atoms with Gasteiger partial charge in [-0.1, -0.05) is 60.5 Å². The maximum absolute atomic E-state index is 14.7. The monoisotopic (exact) mass is 666 g/mol. The van der Waals surface area contributed by atoms with Gasteiger partial charge in [0.25, 0.3) is 5.91 Å². The van der Waals surface area contributed by atoms with Gasteiger partial charge in [0.1, 0.15) is 28.6 Å². The molecular weight excluding hydrogens is 637 g/mol. The van der Waals surface area contributed by atoms with Gasteiger partial charge < -0.3 is 14.7 Å². The molecule has 5 rings (SSSR count). The Kier molecular flexibility index (Phi) is 9.34. The summed E-state index contributed by atoms with van der Waals surface area (Å²) in [5.41, 5.74) is 1.09. The lowest BCUT2D eigenvalue weighted by atomic mass is 9.89. The summed E-state index contributed by atoms with van der Waals surface area (Å²) in [4.78, 5) is 27.3. The van der Waals surface area contributed by atoms with Gasteiger partial charge in [0.15, 0.2) is 0 Å². The van der Waals surface area contributed by atoms with E-state index in [-0.39, 0.29) is 31.4 Å². The van der Waals surface area contributed by atoms with Crippen molar-refractivity contribution in [2.24, 2.45) is 0 Å². The van der Waals surface area contributed by atoms with Crippen molar-refractivity contribution in [3.63, 3.8) is 0 Å². The van der Waals surface area contributed by atoms with Gasteiger partial charge in [-0.25, -0.2) is 21.9 Å². The predicted molar refractivity (Wildman–Crippen MR) is 161 cm³/mol. The van der Waals surface area contributed by atoms with E-state index in [1.165, 1.54) is 4.90 Å². The van der Waals surface area contributed by atoms with E-state index in [9.17, 15) is 31.9 Å². The summed E-state index contributed by atoms with van der Waals surface area (Å²) in [6.07, 6.45) is -2.29. The average Bonchev–Trinajstić information content (AvgIpc) is 3.78. The smallest absolute Gasteiger partial charge is 0.306 e. The number of morpholine rings is 1. The molecule has 1 aliphatic heterocycles. The van der Waals surface area contributed by atoms with Crippen LogP contribution in [0.3, 0.4) is 0 Å². The minimum Gasteiger partial charge on any atom is -0.481 e. The quantitative estimate of drug-likeness (QED) is 0.254. The topological polar surface area (TPSA) is 113 Å². The van der Waals surface area contributed by atoms with Crippen molar-refractivity contribution in [2.75, 3.05) is 6.54 Å². The maximum Gasteiger partial charge on any atom is 0.306 e. The Labute approximate surface area is 264 Å². The Balaban J connectivity index is 1.53. The average molecular weight is 668 g/mol. The van der Waals surface area contributed by atoms with Crippen molar-refractivity contribution >= 4 is 45.1 Å². The lowest BCUT2D eigenvalue weighted by Crippen LogP contribution is -2.57. The largest absolute Gasteiger partial charge is 0.481 e. The summed E-state index contributed by atoms with van der Waals surface area (Å²) in [6, 6.07) is 14.8. The number of halogens is 4. The molecule has 3 aromatic carbocycles. The Morgan fingerprint density at radius 3 is 2.36 bits per heavy atom. The number of aliphatic carboxylic acids is 1. The molecule has 1 amide bonds. The van der Waals surface area contributed by atoms with E-state index in [0.717, 1.165) is 12.1 Å². The highest BCUT2D eigenvalue weighted by Gasteiger charge is 2.57. The van der Waals surface area contributed by atoms with Gasteiger partial charge in [0.2, 0.25) is 10.0 Å². The van der Waals surface area contributed by atoms with Gasteiger partial charge in [-0.2, -0.15) is 0 Å². The van der Waals surface area contributed by atoms with Crippen LogP contribution in [0.5, 0.6) is 0 Å². The first-order valence-corrected chi connectivity index (χ1v) is 16.3. The van der Waals surface area contributed by atoms with Gasteiger partial charge in [-0.15, -0.1) is 0 Å². The first-order chi connectivity index (χ1) is 20.9. The van der Waals surface area contributed by atoms with Crippen molar-refractivity contribution in [3.8, 4) is 0 Å². The highest BCUT2D eigenvalue weighted by atomic mass is 35.5. The third-order valence-corrected chi connectivity index (χ3v) is 10.9. The van der Waals surface area contributed by atoms with E-state index in [2.05, 4.69) is 4.72 Å². The summed E-state index contributed by atoms with van der Waals surface area (Å²) in [5.74, 6) is -3.64. The zero-order chi connectivity index (χ0) is 31.8. The van der Waals surface area contributed by atoms with Crippen LogP contribution in [0, 0.1) is 11.6 Å². The second kappa shape index (κ2) is 12.7. The summed E-state index contributed by atoms with van der Waals surface area (Å²) >= 11 is 12.5. The van der Waals surface area contributed by atoms with Gasteiger partial charge in [-0.3, -0.25) is 9.59 Å². The summed E-state index contributed by atoms with van der Waals surface area (Å²) in [7, 11) is -4.20. The van der Waals surface area contributed by atoms with Crippen LogP contribution in [0.1, 0.15) is 61.4 Å². The number of carboxylic acids is 1. The summed E-state index contributed by atoms with van der Waals surface area (Å²) in [6.45, 7) is 1.52. The van der Waals surface area contributed by atoms with Crippen molar-refractivity contribution < 1.29 is 36.6 Å². The maximum atomic E-state index is 14.7. The van der Waals surface area contributed by atoms with Gasteiger partial charge in [0.05, 0.1) is 12.5 Å². The van der Waals surface area contributed by atoms with Crippen molar-refractivity contribution in [1.29, 1.82) is 0 Å². The lowest BCUT2D eigenvalue weighted by Gasteiger charge is -2.48. The molecule has 2 fully saturated rings. The molecule has 0 bridgehead atoms. The van der Waals surface area contributed by atoms with Gasteiger partial charge >= 0.3 is 5.97 Å². The van der Waals surface area contributed by atoms with Crippen molar-refractivity contribution in [3.05, 3.63) is 105 Å². The molecule has 4 atom stereocenters. The molecule has 13 heteroatoms. The Morgan fingerprint density at radius 1 is 1.07 bits per heavy atom. The van der Waals surface area contributed by atoms with Crippen LogP contribution in [-0.4, -0.2) is 49.0 Å². The van der Waals surface area contributed by atoms with Gasteiger partial charge in [0, 0.05) is 34.3 Å². The molecule has 1 saturated heterocycles. The molecule has 234 valence electrons. The first kappa shape index (κ1) is 32.3. The van der Waals surface area contributed by atoms with Gasteiger partial charge in [-0.05, 0) is 60.7 Å². The number of sulfonamides is 1. The summed E-state index contributed by atoms with van der Waals surface area (Å²) < 4.78 is 62.8. The fourth-order valence-corrected chi connectivity index (χ4v) is 7.95. The molecule has 2 N–H and O–H groups in total. The normalized spacial score (nSPS) is 22.1. The molecular formula is C31H30Cl2F2N2O6S. The minimum atomic E-state index is -4.20. The molecule has 8 nitrogen and oxygen atoms in total. The van der Waals surface area contributed by atoms with Crippen LogP contribution in [0.15, 0.2) is 66.7 Å². The van der Waals surface area contributed by atoms with E-state index in [1.807, 2.05) is 0 Å². The lowest BCUT2D eigenvalue weighted by molar-refractivity contribution is -0.183. The highest BCUT2D eigenvalue weighted by molar-refractivity contribution is 7.90. The fraction of sp³-hybridized carbons (Fsp3) is 0.355. The van der Waals surface area contributed by atoms with Crippen molar-refractivity contribution in [1.82, 2.24) is 9.62 Å². The predicted octanol–water partition coefficient (Wildman–Crippen LogP) is 6.14. The molecule has 44 heavy (non-hydrogen) atoms. The number of hydrogen-bond donors (Lipinski definition) is 2. The molecule has 2 aliphatic rings. The first-order valence-electron chi connectivity index (χ1n) is 14.0. The number of rotatable bonds is 11. The van der Waals surface area contributed by atoms with Crippen LogP contribution in [0.4, 0.5) is 8.78 Å². The van der Waals surface area contributed by atoms with Crippen LogP contribution in [0.2, 0.25) is 10.0 Å². The SMILES string of the molecule is CC[C@@H](CNS(=O)(=O)C1(c2ccc(F)cc2F)CC1)N1C(=O)[C@@H](CC(=O)O)O[C@H](c2cccc(Cl)c2)[C@H]1c1ccc(Cl)cc1. The minimum absolute atomic E-state index is 0.122. The van der Waals surface area contributed by atoms with Crippen LogP contribution < -0.4 is 4.72 Å². The van der Waals surface area contributed by atoms with Crippen LogP contribution in [0.25, 0.3) is 0 Å². The summed E-state index contributed by atoms with van der Waals surface area (Å²) in [5, 5.41) is 10.5. The Bertz CT molecular complexity index is 1670. The van der Waals surface area contributed by atoms with E-state index >= 15 is 0 Å². The van der Waals surface area contributed by atoms with E-state index in [0.29, 0.717) is 27.2 Å². The number of amides is 1. The number of carboxylic acid groups (broad SMARTS) is 1. The fourth-order valence-electron chi connectivity index (χ4n) is 5.84. The third kappa shape index (κ3) is 6.34. The third-order valence-electron chi connectivity index (χ3n) is 8.19. The number of nitrogens with one attached hydrogen (secondary N) is 1. The second-order valence-electron chi connectivity index (χ2n) is 11.0. The number of carbonyl (C=O) groups excluding carboxylic acids is 1. The zero-order valence-electron chi connectivity index (χ0n) is 23.6. The number of ether oxygens (including phenoxy) is 1. The Hall–Kier alpha value is -3.09. The second-order valence-corrected chi connectivity index (χ2v) is 13.9. The molecule has 0 unspecified atom stereocenters. The highest BCUT2D eigenvalue weighted by Crippen LogP contribution is 2.53. The van der Waals surface area contributed by atoms with E-state index in [4.69, 9.17) is 27.9 Å². The molecule has 0 radical (unpaired) electrons. The number of nitrogens with zero attached hydrogens (tertiary/aromatic N) is 1. The molecule has 1 heterocycles. The number of hydrogen-bond acceptors (Lipinski definition) is 5. The van der Waals surface area contributed by atoms with E-state index in [1.54, 1.807) is 55.5 Å². The van der Waals surface area contributed by atoms with Crippen LogP contribution in [-0.2, 0) is 29.1 Å². The molecule has 0 aromatic heterocycles. The van der Waals surface area contributed by atoms with Crippen LogP contribution >= 0.6 is 23.2 Å². The molecule has 1 saturated carbocycles. The molecule has 3 aromatic rings. The van der Waals surface area contributed by atoms with E-state index < -0.39 is 69.0 Å². The van der Waals surface area contributed by atoms with Crippen molar-refractivity contribution in [2.45, 2.75) is 61.6 Å². The number of carbonyl (C=O) groups is 2.